The van der Waals surface area contributed by atoms with Crippen molar-refractivity contribution < 1.29 is 9.59 Å². The Balaban J connectivity index is 0.00000225. The lowest BCUT2D eigenvalue weighted by Gasteiger charge is -2.39. The maximum Gasteiger partial charge on any atom is 0.243 e. The Labute approximate surface area is 159 Å². The molecule has 25 heavy (non-hydrogen) atoms. The van der Waals surface area contributed by atoms with Crippen LogP contribution in [0.4, 0.5) is 5.69 Å². The fourth-order valence-corrected chi connectivity index (χ4v) is 4.29. The van der Waals surface area contributed by atoms with Crippen LogP contribution in [0.15, 0.2) is 24.3 Å². The number of benzene rings is 1. The summed E-state index contributed by atoms with van der Waals surface area (Å²) in [5.41, 5.74) is 0.327. The van der Waals surface area contributed by atoms with E-state index in [0.717, 1.165) is 32.4 Å². The summed E-state index contributed by atoms with van der Waals surface area (Å²) in [6, 6.07) is 7.01. The van der Waals surface area contributed by atoms with Gasteiger partial charge in [-0.1, -0.05) is 30.5 Å². The highest BCUT2D eigenvalue weighted by molar-refractivity contribution is 6.30. The first-order chi connectivity index (χ1) is 11.5. The second-order valence-corrected chi connectivity index (χ2v) is 7.39. The maximum absolute atomic E-state index is 13.0. The summed E-state index contributed by atoms with van der Waals surface area (Å²) >= 11 is 5.92. The molecule has 1 aromatic carbocycles. The molecule has 0 bridgehead atoms. The van der Waals surface area contributed by atoms with Crippen LogP contribution in [0.3, 0.4) is 0 Å². The van der Waals surface area contributed by atoms with Crippen molar-refractivity contribution in [1.82, 2.24) is 10.2 Å². The second-order valence-electron chi connectivity index (χ2n) is 6.95. The number of likely N-dealkylation sites (N-methyl/N-ethyl adjacent to an activating group) is 1. The summed E-state index contributed by atoms with van der Waals surface area (Å²) in [5, 5.41) is 6.74. The Bertz CT molecular complexity index is 641. The summed E-state index contributed by atoms with van der Waals surface area (Å²) in [4.78, 5) is 26.9. The Hall–Kier alpha value is -1.30. The van der Waals surface area contributed by atoms with Gasteiger partial charge in [-0.2, -0.15) is 0 Å². The first-order valence-electron chi connectivity index (χ1n) is 8.53. The molecule has 2 amide bonds. The largest absolute Gasteiger partial charge is 0.336 e. The number of halogens is 2. The lowest BCUT2D eigenvalue weighted by atomic mass is 9.67. The topological polar surface area (TPSA) is 61.4 Å². The number of nitrogens with one attached hydrogen (secondary N) is 2. The maximum atomic E-state index is 13.0. The van der Waals surface area contributed by atoms with E-state index < -0.39 is 0 Å². The average Bonchev–Trinajstić information content (AvgIpc) is 2.99. The number of hydrogen-bond donors (Lipinski definition) is 2. The monoisotopic (exact) mass is 385 g/mol. The van der Waals surface area contributed by atoms with Gasteiger partial charge in [-0.05, 0) is 43.5 Å². The van der Waals surface area contributed by atoms with Crippen LogP contribution in [0.25, 0.3) is 0 Å². The molecule has 2 aliphatic rings. The molecule has 138 valence electrons. The van der Waals surface area contributed by atoms with Crippen molar-refractivity contribution in [2.75, 3.05) is 32.0 Å². The Morgan fingerprint density at radius 3 is 2.96 bits per heavy atom. The molecule has 2 N–H and O–H groups in total. The van der Waals surface area contributed by atoms with Crippen molar-refractivity contribution in [2.24, 2.45) is 11.3 Å². The lowest BCUT2D eigenvalue weighted by molar-refractivity contribution is -0.145. The number of amides is 2. The van der Waals surface area contributed by atoms with Crippen LogP contribution in [-0.2, 0) is 9.59 Å². The van der Waals surface area contributed by atoms with Gasteiger partial charge in [0.2, 0.25) is 11.8 Å². The number of carbonyl (C=O) groups excluding carboxylic acids is 2. The number of anilines is 1. The van der Waals surface area contributed by atoms with E-state index in [-0.39, 0.29) is 36.2 Å². The van der Waals surface area contributed by atoms with Gasteiger partial charge >= 0.3 is 0 Å². The molecule has 5 nitrogen and oxygen atoms in total. The van der Waals surface area contributed by atoms with E-state index in [1.54, 1.807) is 36.2 Å². The van der Waals surface area contributed by atoms with Gasteiger partial charge in [-0.15, -0.1) is 12.4 Å². The summed E-state index contributed by atoms with van der Waals surface area (Å²) in [5.74, 6) is 0.290. The molecule has 1 heterocycles. The van der Waals surface area contributed by atoms with Crippen LogP contribution in [0, 0.1) is 11.3 Å². The van der Waals surface area contributed by atoms with Crippen molar-refractivity contribution in [3.63, 3.8) is 0 Å². The van der Waals surface area contributed by atoms with Crippen molar-refractivity contribution in [1.29, 1.82) is 0 Å². The van der Waals surface area contributed by atoms with Gasteiger partial charge in [0.1, 0.15) is 0 Å². The van der Waals surface area contributed by atoms with Crippen LogP contribution in [0.2, 0.25) is 5.02 Å². The number of nitrogens with zero attached hydrogens (tertiary/aromatic N) is 1. The van der Waals surface area contributed by atoms with Crippen LogP contribution in [0.1, 0.15) is 25.7 Å². The zero-order valence-electron chi connectivity index (χ0n) is 14.4. The molecule has 0 unspecified atom stereocenters. The van der Waals surface area contributed by atoms with E-state index in [0.29, 0.717) is 16.6 Å². The van der Waals surface area contributed by atoms with Gasteiger partial charge in [0.25, 0.3) is 0 Å². The van der Waals surface area contributed by atoms with E-state index in [1.807, 2.05) is 0 Å². The Morgan fingerprint density at radius 1 is 1.40 bits per heavy atom. The van der Waals surface area contributed by atoms with Crippen molar-refractivity contribution in [2.45, 2.75) is 25.7 Å². The van der Waals surface area contributed by atoms with E-state index in [4.69, 9.17) is 11.6 Å². The van der Waals surface area contributed by atoms with Gasteiger partial charge in [-0.25, -0.2) is 0 Å². The predicted octanol–water partition coefficient (Wildman–Crippen LogP) is 2.94. The molecule has 1 aliphatic carbocycles. The predicted molar refractivity (Wildman–Crippen MR) is 102 cm³/mol. The molecule has 2 fully saturated rings. The molecule has 1 aromatic rings. The minimum Gasteiger partial charge on any atom is -0.336 e. The highest BCUT2D eigenvalue weighted by Crippen LogP contribution is 2.44. The van der Waals surface area contributed by atoms with Crippen molar-refractivity contribution >= 4 is 41.5 Å². The minimum atomic E-state index is -0.316. The summed E-state index contributed by atoms with van der Waals surface area (Å²) in [7, 11) is 1.72. The molecule has 1 aliphatic heterocycles. The quantitative estimate of drug-likeness (QED) is 0.837. The third-order valence-corrected chi connectivity index (χ3v) is 5.54. The lowest BCUT2D eigenvalue weighted by Crippen LogP contribution is -2.50. The third kappa shape index (κ3) is 4.27. The molecule has 0 radical (unpaired) electrons. The first kappa shape index (κ1) is 20.0. The number of rotatable bonds is 4. The van der Waals surface area contributed by atoms with E-state index in [9.17, 15) is 9.59 Å². The zero-order chi connectivity index (χ0) is 17.2. The van der Waals surface area contributed by atoms with Crippen LogP contribution < -0.4 is 10.6 Å². The smallest absolute Gasteiger partial charge is 0.243 e. The number of hydrogen-bond acceptors (Lipinski definition) is 3. The van der Waals surface area contributed by atoms with Gasteiger partial charge in [0, 0.05) is 24.3 Å². The molecule has 1 saturated carbocycles. The number of carbonyl (C=O) groups is 2. The standard InChI is InChI=1S/C18H24ClN3O2.ClH/c1-22(11-16(23)21-15-7-4-6-14(19)9-15)17(24)18-8-3-2-5-13(18)10-20-12-18;/h4,6-7,9,13,20H,2-3,5,8,10-12H2,1H3,(H,21,23);1H/t13-,18+;/m0./s1. The van der Waals surface area contributed by atoms with Crippen LogP contribution >= 0.6 is 24.0 Å². The minimum absolute atomic E-state index is 0. The zero-order valence-corrected chi connectivity index (χ0v) is 16.0. The summed E-state index contributed by atoms with van der Waals surface area (Å²) in [6.45, 7) is 1.70. The second kappa shape index (κ2) is 8.39. The fourth-order valence-electron chi connectivity index (χ4n) is 4.10. The van der Waals surface area contributed by atoms with Gasteiger partial charge < -0.3 is 15.5 Å². The number of fused-ring (bicyclic) bond motifs is 1. The Morgan fingerprint density at radius 2 is 2.20 bits per heavy atom. The molecule has 7 heteroatoms. The van der Waals surface area contributed by atoms with E-state index in [1.165, 1.54) is 6.42 Å². The fraction of sp³-hybridized carbons (Fsp3) is 0.556. The van der Waals surface area contributed by atoms with Gasteiger partial charge in [-0.3, -0.25) is 9.59 Å². The molecular formula is C18H25Cl2N3O2. The van der Waals surface area contributed by atoms with Crippen LogP contribution in [-0.4, -0.2) is 43.4 Å². The molecule has 1 saturated heterocycles. The van der Waals surface area contributed by atoms with Crippen molar-refractivity contribution in [3.8, 4) is 0 Å². The normalized spacial score (nSPS) is 24.8. The highest BCUT2D eigenvalue weighted by atomic mass is 35.5. The summed E-state index contributed by atoms with van der Waals surface area (Å²) < 4.78 is 0. The van der Waals surface area contributed by atoms with Gasteiger partial charge in [0.15, 0.2) is 0 Å². The van der Waals surface area contributed by atoms with E-state index in [2.05, 4.69) is 10.6 Å². The van der Waals surface area contributed by atoms with Crippen LogP contribution in [0.5, 0.6) is 0 Å². The summed E-state index contributed by atoms with van der Waals surface area (Å²) in [6.07, 6.45) is 4.30. The molecule has 0 aromatic heterocycles. The first-order valence-corrected chi connectivity index (χ1v) is 8.91. The molecule has 2 atom stereocenters. The third-order valence-electron chi connectivity index (χ3n) is 5.30. The van der Waals surface area contributed by atoms with Gasteiger partial charge in [0.05, 0.1) is 12.0 Å². The average molecular weight is 386 g/mol. The SMILES string of the molecule is CN(CC(=O)Nc1cccc(Cl)c1)C(=O)[C@@]12CCCC[C@H]1CNC2.Cl. The molecule has 3 rings (SSSR count). The Kier molecular flexibility index (Phi) is 6.72. The molecule has 0 spiro atoms. The highest BCUT2D eigenvalue weighted by Gasteiger charge is 2.50. The van der Waals surface area contributed by atoms with Crippen molar-refractivity contribution in [3.05, 3.63) is 29.3 Å². The van der Waals surface area contributed by atoms with E-state index >= 15 is 0 Å². The molecular weight excluding hydrogens is 361 g/mol.